The molecule has 10 heteroatoms. The smallest absolute Gasteiger partial charge is 0.303 e. The number of amides is 2. The molecule has 3 aliphatic rings. The number of rotatable bonds is 10. The Bertz CT molecular complexity index is 941. The Hall–Kier alpha value is -2.53. The molecule has 3 fully saturated rings. The van der Waals surface area contributed by atoms with E-state index in [1.54, 1.807) is 18.5 Å². The van der Waals surface area contributed by atoms with Crippen molar-refractivity contribution in [3.63, 3.8) is 0 Å². The van der Waals surface area contributed by atoms with Crippen molar-refractivity contribution in [1.29, 1.82) is 0 Å². The third-order valence-electron chi connectivity index (χ3n) is 7.29. The largest absolute Gasteiger partial charge is 0.459 e. The highest BCUT2D eigenvalue weighted by molar-refractivity contribution is 5.87. The maximum absolute atomic E-state index is 12.3. The third kappa shape index (κ3) is 9.34. The van der Waals surface area contributed by atoms with Gasteiger partial charge >= 0.3 is 5.97 Å². The Morgan fingerprint density at radius 1 is 1.16 bits per heavy atom. The minimum absolute atomic E-state index is 0.0384. The molecule has 3 aliphatic heterocycles. The lowest BCUT2D eigenvalue weighted by atomic mass is 9.88. The lowest BCUT2D eigenvalue weighted by Crippen LogP contribution is -2.50. The second kappa shape index (κ2) is 13.5. The summed E-state index contributed by atoms with van der Waals surface area (Å²) in [6.45, 7) is 9.83. The fourth-order valence-electron chi connectivity index (χ4n) is 5.13. The highest BCUT2D eigenvalue weighted by Gasteiger charge is 2.51. The van der Waals surface area contributed by atoms with Crippen molar-refractivity contribution in [3.8, 4) is 0 Å². The van der Waals surface area contributed by atoms with Gasteiger partial charge < -0.3 is 24.3 Å². The lowest BCUT2D eigenvalue weighted by Gasteiger charge is -2.39. The normalized spacial score (nSPS) is 34.3. The summed E-state index contributed by atoms with van der Waals surface area (Å²) in [7, 11) is 0. The standard InChI is InChI=1S/C28H42N2O8/c1-17(6-9-22-14-28(16-35-28)15-23(38-22)13-27(33)30-34)7-10-25-18(2)12-24(20(4)37-25)29-26(32)11-8-19(3)36-21(5)31/h6-9,11,18-20,22-25,34H,10,12-16H2,1-5H3,(H,29,32)(H,30,33)/b9-6+,11-8?,17-7+/t18-,19?,20+,22+,23+,24+,25-,28+/m0/s1. The predicted molar refractivity (Wildman–Crippen MR) is 139 cm³/mol. The zero-order chi connectivity index (χ0) is 27.9. The van der Waals surface area contributed by atoms with Gasteiger partial charge in [-0.15, -0.1) is 0 Å². The predicted octanol–water partition coefficient (Wildman–Crippen LogP) is 2.90. The van der Waals surface area contributed by atoms with E-state index in [1.165, 1.54) is 13.0 Å². The van der Waals surface area contributed by atoms with Gasteiger partial charge in [0.25, 0.3) is 0 Å². The zero-order valence-corrected chi connectivity index (χ0v) is 23.0. The number of hydrogen-bond donors (Lipinski definition) is 3. The highest BCUT2D eigenvalue weighted by atomic mass is 16.6. The van der Waals surface area contributed by atoms with Crippen LogP contribution in [0, 0.1) is 5.92 Å². The Morgan fingerprint density at radius 2 is 1.89 bits per heavy atom. The minimum Gasteiger partial charge on any atom is -0.459 e. The summed E-state index contributed by atoms with van der Waals surface area (Å²) in [6, 6.07) is -0.103. The van der Waals surface area contributed by atoms with Crippen LogP contribution in [0.5, 0.6) is 0 Å². The Morgan fingerprint density at radius 3 is 2.55 bits per heavy atom. The highest BCUT2D eigenvalue weighted by Crippen LogP contribution is 2.43. The van der Waals surface area contributed by atoms with Gasteiger partial charge in [0.15, 0.2) is 0 Å². The monoisotopic (exact) mass is 534 g/mol. The maximum Gasteiger partial charge on any atom is 0.303 e. The van der Waals surface area contributed by atoms with Crippen LogP contribution in [0.4, 0.5) is 0 Å². The van der Waals surface area contributed by atoms with E-state index in [2.05, 4.69) is 18.3 Å². The number of hydroxylamine groups is 1. The lowest BCUT2D eigenvalue weighted by molar-refractivity contribution is -0.143. The maximum atomic E-state index is 12.3. The minimum atomic E-state index is -0.465. The van der Waals surface area contributed by atoms with E-state index in [1.807, 2.05) is 26.0 Å². The van der Waals surface area contributed by atoms with Gasteiger partial charge in [-0.05, 0) is 45.6 Å². The number of allylic oxidation sites excluding steroid dienone is 2. The SMILES string of the molecule is CC(=O)OC(C)C=CC(=O)N[C@@H]1C[C@H](C)[C@H](C/C=C(C)/C=C/[C@@H]2C[C@]3(CO3)C[C@@H](CC(=O)NO)O2)O[C@@H]1C. The molecule has 1 unspecified atom stereocenters. The van der Waals surface area contributed by atoms with Gasteiger partial charge in [0, 0.05) is 25.8 Å². The summed E-state index contributed by atoms with van der Waals surface area (Å²) in [5.41, 5.74) is 2.54. The van der Waals surface area contributed by atoms with E-state index in [-0.39, 0.29) is 54.3 Å². The third-order valence-corrected chi connectivity index (χ3v) is 7.29. The fraction of sp³-hybridized carbons (Fsp3) is 0.679. The van der Waals surface area contributed by atoms with E-state index in [9.17, 15) is 14.4 Å². The van der Waals surface area contributed by atoms with Crippen LogP contribution in [0.15, 0.2) is 36.0 Å². The molecule has 1 spiro atoms. The van der Waals surface area contributed by atoms with Crippen molar-refractivity contribution < 1.29 is 38.5 Å². The van der Waals surface area contributed by atoms with E-state index in [0.717, 1.165) is 24.8 Å². The summed E-state index contributed by atoms with van der Waals surface area (Å²) < 4.78 is 23.0. The molecule has 3 N–H and O–H groups in total. The van der Waals surface area contributed by atoms with Gasteiger partial charge in [0.05, 0.1) is 49.1 Å². The first-order valence-electron chi connectivity index (χ1n) is 13.4. The van der Waals surface area contributed by atoms with Gasteiger partial charge in [0.2, 0.25) is 11.8 Å². The number of carbonyl (C=O) groups excluding carboxylic acids is 3. The molecule has 8 atom stereocenters. The van der Waals surface area contributed by atoms with Crippen molar-refractivity contribution in [3.05, 3.63) is 36.0 Å². The van der Waals surface area contributed by atoms with Gasteiger partial charge in [-0.3, -0.25) is 19.6 Å². The number of esters is 1. The van der Waals surface area contributed by atoms with Crippen LogP contribution < -0.4 is 10.8 Å². The van der Waals surface area contributed by atoms with Crippen molar-refractivity contribution in [2.75, 3.05) is 6.61 Å². The molecule has 0 aliphatic carbocycles. The molecule has 38 heavy (non-hydrogen) atoms. The second-order valence-electron chi connectivity index (χ2n) is 10.8. The Balaban J connectivity index is 1.47. The number of ether oxygens (including phenoxy) is 4. The first-order valence-corrected chi connectivity index (χ1v) is 13.4. The second-order valence-corrected chi connectivity index (χ2v) is 10.8. The van der Waals surface area contributed by atoms with Crippen LogP contribution in [0.25, 0.3) is 0 Å². The first-order chi connectivity index (χ1) is 18.0. The molecule has 0 aromatic heterocycles. The summed E-state index contributed by atoms with van der Waals surface area (Å²) >= 11 is 0. The van der Waals surface area contributed by atoms with Crippen LogP contribution in [0.1, 0.15) is 66.7 Å². The van der Waals surface area contributed by atoms with Crippen LogP contribution in [-0.4, -0.2) is 71.8 Å². The molecule has 2 amide bonds. The molecular weight excluding hydrogens is 492 g/mol. The zero-order valence-electron chi connectivity index (χ0n) is 23.0. The molecular formula is C28H42N2O8. The molecule has 0 bridgehead atoms. The first kappa shape index (κ1) is 30.0. The van der Waals surface area contributed by atoms with Crippen molar-refractivity contribution in [1.82, 2.24) is 10.8 Å². The van der Waals surface area contributed by atoms with Gasteiger partial charge in [-0.25, -0.2) is 5.48 Å². The van der Waals surface area contributed by atoms with E-state index >= 15 is 0 Å². The summed E-state index contributed by atoms with van der Waals surface area (Å²) in [5.74, 6) is -0.841. The van der Waals surface area contributed by atoms with Crippen molar-refractivity contribution in [2.24, 2.45) is 5.92 Å². The van der Waals surface area contributed by atoms with E-state index in [0.29, 0.717) is 13.0 Å². The molecule has 212 valence electrons. The molecule has 3 heterocycles. The van der Waals surface area contributed by atoms with E-state index in [4.69, 9.17) is 24.2 Å². The van der Waals surface area contributed by atoms with Crippen LogP contribution >= 0.6 is 0 Å². The van der Waals surface area contributed by atoms with Gasteiger partial charge in [-0.1, -0.05) is 30.7 Å². The number of nitrogens with one attached hydrogen (secondary N) is 2. The van der Waals surface area contributed by atoms with Gasteiger partial charge in [-0.2, -0.15) is 0 Å². The van der Waals surface area contributed by atoms with Crippen molar-refractivity contribution >= 4 is 17.8 Å². The van der Waals surface area contributed by atoms with Crippen LogP contribution in [0.3, 0.4) is 0 Å². The quantitative estimate of drug-likeness (QED) is 0.0972. The molecule has 10 nitrogen and oxygen atoms in total. The molecule has 0 aromatic rings. The van der Waals surface area contributed by atoms with E-state index < -0.39 is 18.0 Å². The molecule has 3 saturated heterocycles. The average molecular weight is 535 g/mol. The van der Waals surface area contributed by atoms with Crippen molar-refractivity contribution in [2.45, 2.75) is 109 Å². The van der Waals surface area contributed by atoms with Gasteiger partial charge in [0.1, 0.15) is 6.10 Å². The van der Waals surface area contributed by atoms with Crippen LogP contribution in [-0.2, 0) is 33.3 Å². The fourth-order valence-corrected chi connectivity index (χ4v) is 5.13. The summed E-state index contributed by atoms with van der Waals surface area (Å²) in [5, 5.41) is 11.8. The summed E-state index contributed by atoms with van der Waals surface area (Å²) in [4.78, 5) is 34.9. The molecule has 3 rings (SSSR count). The molecule has 0 radical (unpaired) electrons. The molecule has 0 aromatic carbocycles. The topological polar surface area (TPSA) is 136 Å². The number of hydrogen-bond acceptors (Lipinski definition) is 8. The van der Waals surface area contributed by atoms with Crippen LogP contribution in [0.2, 0.25) is 0 Å². The Kier molecular flexibility index (Phi) is 10.7. The average Bonchev–Trinajstić information content (AvgIpc) is 3.59. The number of carbonyl (C=O) groups is 3. The molecule has 0 saturated carbocycles. The number of epoxide rings is 1. The Labute approximate surface area is 224 Å². The summed E-state index contributed by atoms with van der Waals surface area (Å²) in [6.07, 6.45) is 11.2.